The maximum absolute atomic E-state index is 14.4. The number of likely N-dealkylation sites (tertiary alicyclic amines) is 2. The third-order valence-corrected chi connectivity index (χ3v) is 5.32. The number of piperidine rings is 1. The molecule has 0 aromatic heterocycles. The van der Waals surface area contributed by atoms with Crippen LogP contribution in [-0.2, 0) is 9.59 Å². The molecule has 0 bridgehead atoms. The van der Waals surface area contributed by atoms with Crippen molar-refractivity contribution in [2.24, 2.45) is 5.92 Å². The lowest BCUT2D eigenvalue weighted by Crippen LogP contribution is -2.48. The molecule has 0 spiro atoms. The zero-order valence-corrected chi connectivity index (χ0v) is 14.2. The molecular formula is C19H25FN2O2. The Kier molecular flexibility index (Phi) is 5.17. The molecule has 3 rings (SSSR count). The first-order valence-corrected chi connectivity index (χ1v) is 8.88. The van der Waals surface area contributed by atoms with E-state index in [-0.39, 0.29) is 23.5 Å². The van der Waals surface area contributed by atoms with E-state index in [0.717, 1.165) is 38.8 Å². The summed E-state index contributed by atoms with van der Waals surface area (Å²) in [6.45, 7) is 1.55. The fraction of sp³-hybridized carbons (Fsp3) is 0.579. The van der Waals surface area contributed by atoms with E-state index in [2.05, 4.69) is 0 Å². The van der Waals surface area contributed by atoms with Crippen LogP contribution in [0.15, 0.2) is 24.3 Å². The van der Waals surface area contributed by atoms with Crippen LogP contribution in [0.1, 0.15) is 50.1 Å². The monoisotopic (exact) mass is 332 g/mol. The maximum Gasteiger partial charge on any atom is 0.228 e. The third-order valence-electron chi connectivity index (χ3n) is 5.32. The quantitative estimate of drug-likeness (QED) is 0.835. The fourth-order valence-electron chi connectivity index (χ4n) is 3.96. The number of rotatable bonds is 2. The number of carbonyl (C=O) groups is 2. The van der Waals surface area contributed by atoms with Crippen LogP contribution in [0.3, 0.4) is 0 Å². The molecule has 2 unspecified atom stereocenters. The van der Waals surface area contributed by atoms with E-state index in [4.69, 9.17) is 0 Å². The highest BCUT2D eigenvalue weighted by atomic mass is 19.1. The molecule has 1 aromatic carbocycles. The Morgan fingerprint density at radius 2 is 1.79 bits per heavy atom. The Balaban J connectivity index is 1.90. The van der Waals surface area contributed by atoms with Crippen LogP contribution in [0.5, 0.6) is 0 Å². The number of nitrogens with zero attached hydrogens (tertiary/aromatic N) is 2. The van der Waals surface area contributed by atoms with E-state index >= 15 is 0 Å². The summed E-state index contributed by atoms with van der Waals surface area (Å²) in [7, 11) is 1.68. The highest BCUT2D eigenvalue weighted by Gasteiger charge is 2.41. The van der Waals surface area contributed by atoms with Gasteiger partial charge in [0.1, 0.15) is 5.82 Å². The minimum atomic E-state index is -0.511. The van der Waals surface area contributed by atoms with E-state index in [1.807, 2.05) is 4.90 Å². The van der Waals surface area contributed by atoms with Crippen molar-refractivity contribution < 1.29 is 14.0 Å². The van der Waals surface area contributed by atoms with Gasteiger partial charge < -0.3 is 9.80 Å². The SMILES string of the molecule is CN1C(=O)CCC(C(=O)N2CCCCCC2)C1c1ccccc1F. The number of hydrogen-bond donors (Lipinski definition) is 0. The summed E-state index contributed by atoms with van der Waals surface area (Å²) >= 11 is 0. The lowest BCUT2D eigenvalue weighted by atomic mass is 9.83. The van der Waals surface area contributed by atoms with Gasteiger partial charge in [-0.25, -0.2) is 4.39 Å². The Bertz CT molecular complexity index is 611. The first-order chi connectivity index (χ1) is 11.6. The average molecular weight is 332 g/mol. The Morgan fingerprint density at radius 3 is 2.46 bits per heavy atom. The molecule has 0 aliphatic carbocycles. The summed E-state index contributed by atoms with van der Waals surface area (Å²) in [6, 6.07) is 5.98. The molecule has 5 heteroatoms. The summed E-state index contributed by atoms with van der Waals surface area (Å²) < 4.78 is 14.4. The molecule has 4 nitrogen and oxygen atoms in total. The number of hydrogen-bond acceptors (Lipinski definition) is 2. The fourth-order valence-corrected chi connectivity index (χ4v) is 3.96. The van der Waals surface area contributed by atoms with E-state index < -0.39 is 6.04 Å². The van der Waals surface area contributed by atoms with E-state index in [0.29, 0.717) is 18.4 Å². The minimum absolute atomic E-state index is 0.0248. The molecule has 2 fully saturated rings. The number of halogens is 1. The van der Waals surface area contributed by atoms with Crippen molar-refractivity contribution in [1.82, 2.24) is 9.80 Å². The molecule has 2 aliphatic rings. The standard InChI is InChI=1S/C19H25FN2O2/c1-21-17(23)11-10-15(18(21)14-8-4-5-9-16(14)20)19(24)22-12-6-2-3-7-13-22/h4-5,8-9,15,18H,2-3,6-7,10-13H2,1H3. The smallest absolute Gasteiger partial charge is 0.228 e. The van der Waals surface area contributed by atoms with Crippen molar-refractivity contribution in [2.75, 3.05) is 20.1 Å². The van der Waals surface area contributed by atoms with Crippen LogP contribution < -0.4 is 0 Å². The van der Waals surface area contributed by atoms with E-state index in [1.165, 1.54) is 6.07 Å². The molecule has 2 aliphatic heterocycles. The molecule has 0 N–H and O–H groups in total. The second-order valence-electron chi connectivity index (χ2n) is 6.86. The second-order valence-corrected chi connectivity index (χ2v) is 6.86. The Morgan fingerprint density at radius 1 is 1.12 bits per heavy atom. The van der Waals surface area contributed by atoms with Gasteiger partial charge in [-0.2, -0.15) is 0 Å². The van der Waals surface area contributed by atoms with Crippen LogP contribution in [0.25, 0.3) is 0 Å². The second kappa shape index (κ2) is 7.32. The molecular weight excluding hydrogens is 307 g/mol. The Labute approximate surface area is 142 Å². The minimum Gasteiger partial charge on any atom is -0.342 e. The molecule has 24 heavy (non-hydrogen) atoms. The maximum atomic E-state index is 14.4. The molecule has 2 saturated heterocycles. The molecule has 0 saturated carbocycles. The third kappa shape index (κ3) is 3.30. The van der Waals surface area contributed by atoms with Gasteiger partial charge in [0, 0.05) is 32.1 Å². The first-order valence-electron chi connectivity index (χ1n) is 8.88. The van der Waals surface area contributed by atoms with Crippen LogP contribution in [0.4, 0.5) is 4.39 Å². The summed E-state index contributed by atoms with van der Waals surface area (Å²) in [5.41, 5.74) is 0.446. The average Bonchev–Trinajstić information content (AvgIpc) is 2.87. The number of amides is 2. The van der Waals surface area contributed by atoms with Crippen LogP contribution in [-0.4, -0.2) is 41.8 Å². The van der Waals surface area contributed by atoms with Crippen molar-refractivity contribution in [3.63, 3.8) is 0 Å². The zero-order chi connectivity index (χ0) is 17.1. The molecule has 130 valence electrons. The summed E-state index contributed by atoms with van der Waals surface area (Å²) in [5.74, 6) is -0.659. The van der Waals surface area contributed by atoms with Gasteiger partial charge in [-0.1, -0.05) is 31.0 Å². The molecule has 2 atom stereocenters. The number of carbonyl (C=O) groups excluding carboxylic acids is 2. The van der Waals surface area contributed by atoms with Gasteiger partial charge in [-0.15, -0.1) is 0 Å². The lowest BCUT2D eigenvalue weighted by molar-refractivity contribution is -0.146. The predicted molar refractivity (Wildman–Crippen MR) is 89.7 cm³/mol. The van der Waals surface area contributed by atoms with Gasteiger partial charge in [-0.3, -0.25) is 9.59 Å². The van der Waals surface area contributed by atoms with Crippen LogP contribution in [0.2, 0.25) is 0 Å². The van der Waals surface area contributed by atoms with E-state index in [1.54, 1.807) is 30.1 Å². The van der Waals surface area contributed by atoms with Crippen molar-refractivity contribution in [3.8, 4) is 0 Å². The lowest BCUT2D eigenvalue weighted by Gasteiger charge is -2.40. The molecule has 0 radical (unpaired) electrons. The topological polar surface area (TPSA) is 40.6 Å². The van der Waals surface area contributed by atoms with Gasteiger partial charge in [0.2, 0.25) is 11.8 Å². The Hall–Kier alpha value is -1.91. The van der Waals surface area contributed by atoms with Gasteiger partial charge in [0.15, 0.2) is 0 Å². The van der Waals surface area contributed by atoms with Gasteiger partial charge in [0.05, 0.1) is 12.0 Å². The van der Waals surface area contributed by atoms with Crippen molar-refractivity contribution in [2.45, 2.75) is 44.6 Å². The summed E-state index contributed by atoms with van der Waals surface area (Å²) in [5, 5.41) is 0. The highest BCUT2D eigenvalue weighted by Crippen LogP contribution is 2.38. The van der Waals surface area contributed by atoms with Crippen molar-refractivity contribution in [1.29, 1.82) is 0 Å². The van der Waals surface area contributed by atoms with Crippen LogP contribution in [0, 0.1) is 11.7 Å². The van der Waals surface area contributed by atoms with Gasteiger partial charge >= 0.3 is 0 Å². The summed E-state index contributed by atoms with van der Waals surface area (Å²) in [4.78, 5) is 28.8. The van der Waals surface area contributed by atoms with Gasteiger partial charge in [0.25, 0.3) is 0 Å². The van der Waals surface area contributed by atoms with E-state index in [9.17, 15) is 14.0 Å². The first kappa shape index (κ1) is 16.9. The molecule has 2 amide bonds. The van der Waals surface area contributed by atoms with Gasteiger partial charge in [-0.05, 0) is 25.3 Å². The molecule has 1 aromatic rings. The predicted octanol–water partition coefficient (Wildman–Crippen LogP) is 3.14. The normalized spacial score (nSPS) is 25.5. The largest absolute Gasteiger partial charge is 0.342 e. The molecule has 2 heterocycles. The highest BCUT2D eigenvalue weighted by molar-refractivity contribution is 5.85. The van der Waals surface area contributed by atoms with Crippen LogP contribution >= 0.6 is 0 Å². The summed E-state index contributed by atoms with van der Waals surface area (Å²) in [6.07, 6.45) is 5.21. The van der Waals surface area contributed by atoms with Crippen molar-refractivity contribution in [3.05, 3.63) is 35.6 Å². The van der Waals surface area contributed by atoms with Crippen molar-refractivity contribution >= 4 is 11.8 Å². The zero-order valence-electron chi connectivity index (χ0n) is 14.2. The number of benzene rings is 1.